The molecule has 1 aromatic carbocycles. The molecule has 0 fully saturated rings. The van der Waals surface area contributed by atoms with Gasteiger partial charge in [0.15, 0.2) is 0 Å². The van der Waals surface area contributed by atoms with E-state index in [2.05, 4.69) is 106 Å². The van der Waals surface area contributed by atoms with E-state index in [0.29, 0.717) is 0 Å². The molecule has 0 aliphatic rings. The van der Waals surface area contributed by atoms with Gasteiger partial charge in [-0.1, -0.05) is 0 Å². The van der Waals surface area contributed by atoms with Crippen LogP contribution in [0.5, 0.6) is 0 Å². The van der Waals surface area contributed by atoms with Crippen molar-refractivity contribution in [3.8, 4) is 0 Å². The van der Waals surface area contributed by atoms with Crippen LogP contribution in [0.1, 0.15) is 104 Å². The van der Waals surface area contributed by atoms with Gasteiger partial charge in [-0.15, -0.1) is 0 Å². The standard InChI is InChI=1S/C30H44S2.6CH3.2Sn/c1-21(2)9-7-11-23(5)13-15-25-27-17-19-32-30(27)26(28-18-20-31-29(25)28)16-14-24(6)12-8-10-22(3)4;;;;;;;;/h17-18,21-24H,7-16H2,1-6H3;6*1H3;;. The molecule has 0 saturated heterocycles. The Morgan fingerprint density at radius 1 is 0.525 bits per heavy atom. The van der Waals surface area contributed by atoms with Crippen LogP contribution in [0.3, 0.4) is 0 Å². The van der Waals surface area contributed by atoms with Crippen LogP contribution in [-0.2, 0) is 12.8 Å². The van der Waals surface area contributed by atoms with Crippen LogP contribution < -0.4 is 5.79 Å². The number of hydrogen-bond acceptors (Lipinski definition) is 2. The first-order chi connectivity index (χ1) is 18.6. The molecule has 4 heteroatoms. The number of benzene rings is 1. The summed E-state index contributed by atoms with van der Waals surface area (Å²) < 4.78 is 6.91. The van der Waals surface area contributed by atoms with E-state index in [-0.39, 0.29) is 0 Å². The topological polar surface area (TPSA) is 0 Å². The summed E-state index contributed by atoms with van der Waals surface area (Å²) >= 11 is 0.0768. The van der Waals surface area contributed by atoms with Gasteiger partial charge in [0.25, 0.3) is 0 Å². The van der Waals surface area contributed by atoms with Gasteiger partial charge in [0, 0.05) is 0 Å². The summed E-state index contributed by atoms with van der Waals surface area (Å²) in [5.74, 6) is 3.30. The molecule has 0 amide bonds. The van der Waals surface area contributed by atoms with Gasteiger partial charge in [-0.25, -0.2) is 0 Å². The van der Waals surface area contributed by atoms with Gasteiger partial charge in [-0.3, -0.25) is 0 Å². The summed E-state index contributed by atoms with van der Waals surface area (Å²) in [6.45, 7) is 14.5. The van der Waals surface area contributed by atoms with Crippen molar-refractivity contribution in [1.82, 2.24) is 0 Å². The molecule has 40 heavy (non-hydrogen) atoms. The predicted octanol–water partition coefficient (Wildman–Crippen LogP) is 12.0. The van der Waals surface area contributed by atoms with Gasteiger partial charge >= 0.3 is 268 Å². The van der Waals surface area contributed by atoms with E-state index < -0.39 is 36.8 Å². The van der Waals surface area contributed by atoms with Crippen LogP contribution in [0.4, 0.5) is 0 Å². The number of fused-ring (bicyclic) bond motifs is 2. The van der Waals surface area contributed by atoms with E-state index >= 15 is 0 Å². The zero-order valence-electron chi connectivity index (χ0n) is 28.4. The Balaban J connectivity index is 2.05. The Morgan fingerprint density at radius 3 is 1.18 bits per heavy atom. The quantitative estimate of drug-likeness (QED) is 0.127. The van der Waals surface area contributed by atoms with E-state index in [1.807, 2.05) is 0 Å². The van der Waals surface area contributed by atoms with Gasteiger partial charge in [-0.2, -0.15) is 0 Å². The van der Waals surface area contributed by atoms with Gasteiger partial charge in [0.05, 0.1) is 0 Å². The van der Waals surface area contributed by atoms with Crippen molar-refractivity contribution < 1.29 is 0 Å². The first-order valence-electron chi connectivity index (χ1n) is 16.6. The number of thiophene rings is 2. The molecule has 2 heterocycles. The predicted molar refractivity (Wildman–Crippen MR) is 196 cm³/mol. The maximum atomic E-state index is 2.71. The molecular weight excluding hydrogens is 734 g/mol. The molecule has 2 atom stereocenters. The van der Waals surface area contributed by atoms with Crippen molar-refractivity contribution >= 4 is 85.4 Å². The summed E-state index contributed by atoms with van der Waals surface area (Å²) in [7, 11) is 0. The number of aryl methyl sites for hydroxylation is 2. The summed E-state index contributed by atoms with van der Waals surface area (Å²) in [4.78, 5) is 15.7. The molecular formula is C36H62S2Sn2. The van der Waals surface area contributed by atoms with E-state index in [9.17, 15) is 0 Å². The van der Waals surface area contributed by atoms with Crippen molar-refractivity contribution in [2.75, 3.05) is 0 Å². The summed E-state index contributed by atoms with van der Waals surface area (Å²) in [5, 5.41) is 3.32. The first-order valence-corrected chi connectivity index (χ1v) is 38.2. The van der Waals surface area contributed by atoms with Crippen LogP contribution >= 0.6 is 22.7 Å². The molecule has 0 spiro atoms. The van der Waals surface area contributed by atoms with E-state index in [1.54, 1.807) is 37.1 Å². The average Bonchev–Trinajstić information content (AvgIpc) is 3.46. The molecule has 0 bridgehead atoms. The summed E-state index contributed by atoms with van der Waals surface area (Å²) in [6, 6.07) is 5.42. The van der Waals surface area contributed by atoms with Gasteiger partial charge < -0.3 is 0 Å². The molecule has 0 aliphatic heterocycles. The van der Waals surface area contributed by atoms with E-state index in [1.165, 1.54) is 64.2 Å². The molecule has 2 unspecified atom stereocenters. The summed E-state index contributed by atoms with van der Waals surface area (Å²) in [6.07, 6.45) is 13.5. The maximum absolute atomic E-state index is 2.71. The van der Waals surface area contributed by atoms with Gasteiger partial charge in [0.1, 0.15) is 0 Å². The fourth-order valence-corrected chi connectivity index (χ4v) is 18.9. The third-order valence-corrected chi connectivity index (χ3v) is 30.1. The second-order valence-corrected chi connectivity index (χ2v) is 49.0. The number of hydrogen-bond donors (Lipinski definition) is 0. The van der Waals surface area contributed by atoms with Crippen molar-refractivity contribution in [2.45, 2.75) is 135 Å². The van der Waals surface area contributed by atoms with Crippen LogP contribution in [0.25, 0.3) is 20.2 Å². The fourth-order valence-electron chi connectivity index (χ4n) is 5.98. The van der Waals surface area contributed by atoms with Crippen molar-refractivity contribution in [2.24, 2.45) is 23.7 Å². The van der Waals surface area contributed by atoms with Crippen LogP contribution in [-0.4, -0.2) is 36.8 Å². The molecule has 0 saturated carbocycles. The molecule has 0 N–H and O–H groups in total. The van der Waals surface area contributed by atoms with Gasteiger partial charge in [-0.05, 0) is 0 Å². The minimum absolute atomic E-state index is 0.816. The third-order valence-electron chi connectivity index (χ3n) is 8.87. The normalized spacial score (nSPS) is 14.8. The Labute approximate surface area is 265 Å². The fraction of sp³-hybridized carbons (Fsp3) is 0.722. The first kappa shape index (κ1) is 35.2. The zero-order chi connectivity index (χ0) is 29.8. The second kappa shape index (κ2) is 15.1. The SMILES string of the molecule is CC(C)CCCC(C)CCc1c2c[c]([Sn]([CH3])([CH3])[CH3])sc2c(CCC(C)CCCC(C)C)c2c[c]([Sn]([CH3])([CH3])[CH3])sc12. The van der Waals surface area contributed by atoms with Crippen LogP contribution in [0.15, 0.2) is 12.1 Å². The molecule has 0 aliphatic carbocycles. The number of rotatable bonds is 16. The van der Waals surface area contributed by atoms with Crippen molar-refractivity contribution in [3.63, 3.8) is 0 Å². The van der Waals surface area contributed by atoms with Gasteiger partial charge in [0.2, 0.25) is 0 Å². The third kappa shape index (κ3) is 9.88. The molecule has 2 aromatic heterocycles. The Hall–Kier alpha value is 0.737. The molecule has 0 nitrogen and oxygen atoms in total. The Kier molecular flexibility index (Phi) is 13.3. The average molecular weight is 796 g/mol. The van der Waals surface area contributed by atoms with Crippen LogP contribution in [0, 0.1) is 23.7 Å². The second-order valence-electron chi connectivity index (χ2n) is 16.1. The molecule has 226 valence electrons. The van der Waals surface area contributed by atoms with Crippen molar-refractivity contribution in [1.29, 1.82) is 0 Å². The molecule has 0 radical (unpaired) electrons. The Bertz CT molecular complexity index is 1070. The van der Waals surface area contributed by atoms with E-state index in [4.69, 9.17) is 0 Å². The monoisotopic (exact) mass is 798 g/mol. The molecule has 3 rings (SSSR count). The summed E-state index contributed by atoms with van der Waals surface area (Å²) in [5.41, 5.74) is 3.44. The zero-order valence-corrected chi connectivity index (χ0v) is 35.7. The minimum atomic E-state index is -2.18. The molecule has 3 aromatic rings. The van der Waals surface area contributed by atoms with E-state index in [0.717, 1.165) is 23.7 Å². The van der Waals surface area contributed by atoms with Crippen LogP contribution in [0.2, 0.25) is 29.6 Å². The Morgan fingerprint density at radius 2 is 0.875 bits per heavy atom. The van der Waals surface area contributed by atoms with Crippen molar-refractivity contribution in [3.05, 3.63) is 23.3 Å².